The van der Waals surface area contributed by atoms with E-state index < -0.39 is 17.5 Å². The Hall–Kier alpha value is -1.88. The van der Waals surface area contributed by atoms with Crippen molar-refractivity contribution in [3.05, 3.63) is 35.9 Å². The van der Waals surface area contributed by atoms with Gasteiger partial charge in [0.1, 0.15) is 0 Å². The number of ether oxygens (including phenoxy) is 2. The van der Waals surface area contributed by atoms with Gasteiger partial charge >= 0.3 is 11.9 Å². The second-order valence-electron chi connectivity index (χ2n) is 4.27. The topological polar surface area (TPSA) is 72.8 Å². The summed E-state index contributed by atoms with van der Waals surface area (Å²) < 4.78 is 9.94. The van der Waals surface area contributed by atoms with Crippen molar-refractivity contribution in [3.63, 3.8) is 0 Å². The van der Waals surface area contributed by atoms with Gasteiger partial charge in [0, 0.05) is 6.42 Å². The quantitative estimate of drug-likeness (QED) is 0.820. The minimum atomic E-state index is -1.44. The average molecular weight is 250 g/mol. The number of hydrogen-bond donors (Lipinski definition) is 1. The molecular weight excluding hydrogens is 236 g/mol. The molecule has 0 radical (unpaired) electrons. The summed E-state index contributed by atoms with van der Waals surface area (Å²) in [7, 11) is 1.23. The van der Waals surface area contributed by atoms with Crippen LogP contribution in [-0.2, 0) is 19.1 Å². The number of aliphatic carboxylic acids is 1. The number of carbonyl (C=O) groups is 2. The average Bonchev–Trinajstić information content (AvgIpc) is 2.33. The first-order valence-electron chi connectivity index (χ1n) is 5.60. The molecule has 2 unspecified atom stereocenters. The van der Waals surface area contributed by atoms with E-state index >= 15 is 0 Å². The molecule has 1 aliphatic rings. The molecule has 1 saturated heterocycles. The molecule has 0 saturated carbocycles. The molecule has 1 aliphatic heterocycles. The van der Waals surface area contributed by atoms with E-state index in [2.05, 4.69) is 4.74 Å². The van der Waals surface area contributed by atoms with E-state index in [1.807, 2.05) is 30.3 Å². The maximum Gasteiger partial charge on any atom is 0.336 e. The molecule has 5 nitrogen and oxygen atoms in total. The Bertz CT molecular complexity index is 448. The third-order valence-electron chi connectivity index (χ3n) is 3.10. The molecule has 2 atom stereocenters. The fourth-order valence-electron chi connectivity index (χ4n) is 2.05. The van der Waals surface area contributed by atoms with Gasteiger partial charge in [-0.05, 0) is 5.56 Å². The zero-order valence-corrected chi connectivity index (χ0v) is 9.96. The van der Waals surface area contributed by atoms with Crippen LogP contribution in [0.2, 0.25) is 0 Å². The summed E-state index contributed by atoms with van der Waals surface area (Å²) in [4.78, 5) is 22.4. The van der Waals surface area contributed by atoms with Crippen molar-refractivity contribution in [1.29, 1.82) is 0 Å². The predicted molar refractivity (Wildman–Crippen MR) is 61.9 cm³/mol. The van der Waals surface area contributed by atoms with Crippen LogP contribution in [-0.4, -0.2) is 29.8 Å². The number of carboxylic acid groups (broad SMARTS) is 1. The molecule has 1 N–H and O–H groups in total. The van der Waals surface area contributed by atoms with E-state index in [9.17, 15) is 9.59 Å². The Balaban J connectivity index is 2.06. The van der Waals surface area contributed by atoms with Crippen molar-refractivity contribution >= 4 is 11.9 Å². The van der Waals surface area contributed by atoms with Crippen molar-refractivity contribution < 1.29 is 24.2 Å². The summed E-state index contributed by atoms with van der Waals surface area (Å²) in [5.74, 6) is -1.70. The highest BCUT2D eigenvalue weighted by molar-refractivity contribution is 5.85. The smallest absolute Gasteiger partial charge is 0.336 e. The van der Waals surface area contributed by atoms with Crippen LogP contribution in [0, 0.1) is 0 Å². The van der Waals surface area contributed by atoms with Gasteiger partial charge in [-0.2, -0.15) is 0 Å². The SMILES string of the molecule is COC(=O)CC1(C(=O)O)CC(c2ccccc2)O1. The maximum atomic E-state index is 11.2. The van der Waals surface area contributed by atoms with Crippen LogP contribution in [0.3, 0.4) is 0 Å². The van der Waals surface area contributed by atoms with E-state index in [4.69, 9.17) is 9.84 Å². The summed E-state index contributed by atoms with van der Waals surface area (Å²) in [6.07, 6.45) is -0.254. The molecule has 18 heavy (non-hydrogen) atoms. The van der Waals surface area contributed by atoms with Crippen LogP contribution in [0.1, 0.15) is 24.5 Å². The van der Waals surface area contributed by atoms with Crippen LogP contribution >= 0.6 is 0 Å². The summed E-state index contributed by atoms with van der Waals surface area (Å²) in [6, 6.07) is 9.34. The predicted octanol–water partition coefficient (Wildman–Crippen LogP) is 1.53. The standard InChI is InChI=1S/C13H14O5/c1-17-11(14)8-13(12(15)16)7-10(18-13)9-5-3-2-4-6-9/h2-6,10H,7-8H2,1H3,(H,15,16). The first-order chi connectivity index (χ1) is 8.57. The van der Waals surface area contributed by atoms with Crippen molar-refractivity contribution in [2.75, 3.05) is 7.11 Å². The lowest BCUT2D eigenvalue weighted by atomic mass is 9.83. The van der Waals surface area contributed by atoms with Gasteiger partial charge < -0.3 is 14.6 Å². The third kappa shape index (κ3) is 2.22. The molecule has 1 aromatic carbocycles. The number of methoxy groups -OCH3 is 1. The Labute approximate surface area is 104 Å². The van der Waals surface area contributed by atoms with Gasteiger partial charge in [0.25, 0.3) is 0 Å². The molecule has 0 bridgehead atoms. The molecule has 0 aliphatic carbocycles. The normalized spacial score (nSPS) is 26.2. The van der Waals surface area contributed by atoms with Crippen LogP contribution in [0.25, 0.3) is 0 Å². The molecule has 2 rings (SSSR count). The van der Waals surface area contributed by atoms with E-state index in [0.717, 1.165) is 5.56 Å². The highest BCUT2D eigenvalue weighted by Crippen LogP contribution is 2.45. The molecule has 0 amide bonds. The lowest BCUT2D eigenvalue weighted by Gasteiger charge is -2.44. The summed E-state index contributed by atoms with van der Waals surface area (Å²) in [6.45, 7) is 0. The molecule has 96 valence electrons. The third-order valence-corrected chi connectivity index (χ3v) is 3.10. The van der Waals surface area contributed by atoms with Gasteiger partial charge in [0.05, 0.1) is 19.6 Å². The van der Waals surface area contributed by atoms with Gasteiger partial charge in [0.2, 0.25) is 0 Å². The van der Waals surface area contributed by atoms with Gasteiger partial charge in [-0.1, -0.05) is 30.3 Å². The van der Waals surface area contributed by atoms with Crippen LogP contribution in [0.15, 0.2) is 30.3 Å². The zero-order chi connectivity index (χ0) is 13.2. The Morgan fingerprint density at radius 3 is 2.56 bits per heavy atom. The fourth-order valence-corrected chi connectivity index (χ4v) is 2.05. The van der Waals surface area contributed by atoms with Crippen LogP contribution in [0.5, 0.6) is 0 Å². The maximum absolute atomic E-state index is 11.2. The Kier molecular flexibility index (Phi) is 3.34. The number of hydrogen-bond acceptors (Lipinski definition) is 4. The Morgan fingerprint density at radius 1 is 1.44 bits per heavy atom. The summed E-state index contributed by atoms with van der Waals surface area (Å²) in [5.41, 5.74) is -0.521. The van der Waals surface area contributed by atoms with Gasteiger partial charge in [-0.25, -0.2) is 4.79 Å². The molecular formula is C13H14O5. The summed E-state index contributed by atoms with van der Waals surface area (Å²) in [5, 5.41) is 9.16. The van der Waals surface area contributed by atoms with E-state index in [1.54, 1.807) is 0 Å². The van der Waals surface area contributed by atoms with Gasteiger partial charge in [-0.15, -0.1) is 0 Å². The van der Waals surface area contributed by atoms with Gasteiger partial charge in [-0.3, -0.25) is 4.79 Å². The molecule has 1 fully saturated rings. The fraction of sp³-hybridized carbons (Fsp3) is 0.385. The first kappa shape index (κ1) is 12.6. The monoisotopic (exact) mass is 250 g/mol. The van der Waals surface area contributed by atoms with Crippen LogP contribution < -0.4 is 0 Å². The molecule has 1 heterocycles. The van der Waals surface area contributed by atoms with E-state index in [-0.39, 0.29) is 18.9 Å². The minimum absolute atomic E-state index is 0.262. The van der Waals surface area contributed by atoms with Gasteiger partial charge in [0.15, 0.2) is 5.60 Å². The molecule has 0 spiro atoms. The molecule has 0 aromatic heterocycles. The largest absolute Gasteiger partial charge is 0.479 e. The number of carbonyl (C=O) groups excluding carboxylic acids is 1. The zero-order valence-electron chi connectivity index (χ0n) is 9.96. The second-order valence-corrected chi connectivity index (χ2v) is 4.27. The first-order valence-corrected chi connectivity index (χ1v) is 5.60. The number of carboxylic acids is 1. The van der Waals surface area contributed by atoms with Crippen molar-refractivity contribution in [1.82, 2.24) is 0 Å². The lowest BCUT2D eigenvalue weighted by Crippen LogP contribution is -2.53. The number of esters is 1. The Morgan fingerprint density at radius 2 is 2.06 bits per heavy atom. The number of benzene rings is 1. The highest BCUT2D eigenvalue weighted by atomic mass is 16.6. The van der Waals surface area contributed by atoms with E-state index in [1.165, 1.54) is 7.11 Å². The van der Waals surface area contributed by atoms with Crippen molar-refractivity contribution in [2.24, 2.45) is 0 Å². The van der Waals surface area contributed by atoms with Crippen LogP contribution in [0.4, 0.5) is 0 Å². The summed E-state index contributed by atoms with van der Waals surface area (Å²) >= 11 is 0. The molecule has 5 heteroatoms. The van der Waals surface area contributed by atoms with E-state index in [0.29, 0.717) is 0 Å². The molecule has 1 aromatic rings. The highest BCUT2D eigenvalue weighted by Gasteiger charge is 2.54. The van der Waals surface area contributed by atoms with Crippen molar-refractivity contribution in [3.8, 4) is 0 Å². The minimum Gasteiger partial charge on any atom is -0.479 e. The lowest BCUT2D eigenvalue weighted by molar-refractivity contribution is -0.229. The number of rotatable bonds is 4. The van der Waals surface area contributed by atoms with Crippen molar-refractivity contribution in [2.45, 2.75) is 24.5 Å². The second kappa shape index (κ2) is 4.78.